The fraction of sp³-hybridized carbons (Fsp3) is 0.818. The highest BCUT2D eigenvalue weighted by Gasteiger charge is 2.08. The number of hydrogen-bond donors (Lipinski definition) is 1. The van der Waals surface area contributed by atoms with Crippen LogP contribution >= 0.6 is 11.8 Å². The number of nitrogens with one attached hydrogen (secondary N) is 1. The maximum atomic E-state index is 3.71. The van der Waals surface area contributed by atoms with Gasteiger partial charge in [-0.2, -0.15) is 11.8 Å². The molecule has 1 saturated heterocycles. The molecule has 0 bridgehead atoms. The van der Waals surface area contributed by atoms with Crippen LogP contribution < -0.4 is 5.32 Å². The van der Waals surface area contributed by atoms with E-state index in [1.807, 2.05) is 6.08 Å². The molecular formula is C11H22N2S. The molecule has 3 heteroatoms. The Morgan fingerprint density at radius 3 is 2.79 bits per heavy atom. The van der Waals surface area contributed by atoms with Crippen molar-refractivity contribution in [3.8, 4) is 0 Å². The number of hydrogen-bond acceptors (Lipinski definition) is 3. The van der Waals surface area contributed by atoms with Crippen LogP contribution in [-0.4, -0.2) is 49.1 Å². The van der Waals surface area contributed by atoms with Crippen LogP contribution in [-0.2, 0) is 0 Å². The van der Waals surface area contributed by atoms with E-state index in [0.717, 1.165) is 19.5 Å². The second-order valence-corrected chi connectivity index (χ2v) is 4.86. The van der Waals surface area contributed by atoms with Gasteiger partial charge in [-0.1, -0.05) is 6.08 Å². The Morgan fingerprint density at radius 1 is 1.29 bits per heavy atom. The summed E-state index contributed by atoms with van der Waals surface area (Å²) < 4.78 is 0. The number of nitrogens with zero attached hydrogens (tertiary/aromatic N) is 1. The van der Waals surface area contributed by atoms with E-state index in [0.29, 0.717) is 0 Å². The molecule has 0 spiro atoms. The molecular weight excluding hydrogens is 192 g/mol. The lowest BCUT2D eigenvalue weighted by Crippen LogP contribution is -2.37. The molecule has 1 aliphatic rings. The van der Waals surface area contributed by atoms with Crippen LogP contribution in [0.1, 0.15) is 12.8 Å². The van der Waals surface area contributed by atoms with Crippen molar-refractivity contribution in [2.75, 3.05) is 44.2 Å². The molecule has 82 valence electrons. The summed E-state index contributed by atoms with van der Waals surface area (Å²) >= 11 is 2.08. The second-order valence-electron chi connectivity index (χ2n) is 3.63. The van der Waals surface area contributed by atoms with Crippen molar-refractivity contribution in [1.29, 1.82) is 0 Å². The van der Waals surface area contributed by atoms with Crippen LogP contribution in [0.15, 0.2) is 12.7 Å². The topological polar surface area (TPSA) is 15.3 Å². The van der Waals surface area contributed by atoms with Gasteiger partial charge < -0.3 is 10.2 Å². The zero-order chi connectivity index (χ0) is 10.1. The lowest BCUT2D eigenvalue weighted by atomic mass is 10.3. The van der Waals surface area contributed by atoms with Gasteiger partial charge in [0.05, 0.1) is 0 Å². The van der Waals surface area contributed by atoms with Crippen LogP contribution in [0.5, 0.6) is 0 Å². The van der Waals surface area contributed by atoms with Crippen molar-refractivity contribution in [1.82, 2.24) is 10.2 Å². The molecule has 0 aromatic heterocycles. The molecule has 0 aliphatic carbocycles. The van der Waals surface area contributed by atoms with Gasteiger partial charge in [0.25, 0.3) is 0 Å². The Balaban J connectivity index is 1.85. The molecule has 14 heavy (non-hydrogen) atoms. The summed E-state index contributed by atoms with van der Waals surface area (Å²) in [6, 6.07) is 0. The molecule has 0 unspecified atom stereocenters. The Hall–Kier alpha value is 0.0100. The molecule has 0 aromatic carbocycles. The van der Waals surface area contributed by atoms with Crippen LogP contribution in [0.2, 0.25) is 0 Å². The summed E-state index contributed by atoms with van der Waals surface area (Å²) in [5.41, 5.74) is 0. The lowest BCUT2D eigenvalue weighted by Gasteiger charge is -2.26. The fourth-order valence-electron chi connectivity index (χ4n) is 1.56. The van der Waals surface area contributed by atoms with E-state index in [9.17, 15) is 0 Å². The smallest absolute Gasteiger partial charge is 0.0107 e. The molecule has 0 atom stereocenters. The van der Waals surface area contributed by atoms with Gasteiger partial charge in [0.2, 0.25) is 0 Å². The van der Waals surface area contributed by atoms with Gasteiger partial charge >= 0.3 is 0 Å². The molecule has 0 saturated carbocycles. The first kappa shape index (κ1) is 12.1. The highest BCUT2D eigenvalue weighted by atomic mass is 32.2. The average Bonchev–Trinajstić information content (AvgIpc) is 2.25. The van der Waals surface area contributed by atoms with Crippen LogP contribution in [0.25, 0.3) is 0 Å². The van der Waals surface area contributed by atoms with Crippen molar-refractivity contribution < 1.29 is 0 Å². The molecule has 1 aliphatic heterocycles. The molecule has 1 rings (SSSR count). The minimum atomic E-state index is 1.13. The van der Waals surface area contributed by atoms with Gasteiger partial charge in [0.1, 0.15) is 0 Å². The number of allylic oxidation sites excluding steroid dienone is 1. The minimum Gasteiger partial charge on any atom is -0.315 e. The molecule has 1 N–H and O–H groups in total. The van der Waals surface area contributed by atoms with E-state index >= 15 is 0 Å². The van der Waals surface area contributed by atoms with Crippen molar-refractivity contribution in [3.63, 3.8) is 0 Å². The lowest BCUT2D eigenvalue weighted by molar-refractivity contribution is 0.301. The number of rotatable bonds is 7. The molecule has 1 fully saturated rings. The Morgan fingerprint density at radius 2 is 2.07 bits per heavy atom. The van der Waals surface area contributed by atoms with Crippen LogP contribution in [0.3, 0.4) is 0 Å². The number of unbranched alkanes of at least 4 members (excludes halogenated alkanes) is 1. The third kappa shape index (κ3) is 5.68. The predicted octanol–water partition coefficient (Wildman–Crippen LogP) is 1.59. The summed E-state index contributed by atoms with van der Waals surface area (Å²) in [7, 11) is 0. The zero-order valence-corrected chi connectivity index (χ0v) is 9.82. The van der Waals surface area contributed by atoms with Gasteiger partial charge in [-0.15, -0.1) is 6.58 Å². The van der Waals surface area contributed by atoms with Crippen LogP contribution in [0, 0.1) is 0 Å². The van der Waals surface area contributed by atoms with Gasteiger partial charge in [0, 0.05) is 37.7 Å². The van der Waals surface area contributed by atoms with Crippen molar-refractivity contribution in [3.05, 3.63) is 12.7 Å². The van der Waals surface area contributed by atoms with Crippen molar-refractivity contribution in [2.24, 2.45) is 0 Å². The standard InChI is InChI=1S/C11H22N2S/c1-2-3-4-5-12-6-7-13-8-10-14-11-9-13/h2,12H,1,3-11H2. The Bertz CT molecular complexity index is 144. The first-order chi connectivity index (χ1) is 6.93. The highest BCUT2D eigenvalue weighted by molar-refractivity contribution is 7.99. The molecule has 2 nitrogen and oxygen atoms in total. The first-order valence-corrected chi connectivity index (χ1v) is 6.70. The van der Waals surface area contributed by atoms with E-state index in [4.69, 9.17) is 0 Å². The summed E-state index contributed by atoms with van der Waals surface area (Å²) in [4.78, 5) is 2.55. The zero-order valence-electron chi connectivity index (χ0n) is 9.00. The monoisotopic (exact) mass is 214 g/mol. The summed E-state index contributed by atoms with van der Waals surface area (Å²) in [5.74, 6) is 2.63. The maximum Gasteiger partial charge on any atom is 0.0107 e. The van der Waals surface area contributed by atoms with E-state index < -0.39 is 0 Å². The second kappa shape index (κ2) is 8.33. The first-order valence-electron chi connectivity index (χ1n) is 5.55. The summed E-state index contributed by atoms with van der Waals surface area (Å²) in [6.45, 7) is 9.76. The molecule has 1 heterocycles. The minimum absolute atomic E-state index is 1.13. The Labute approximate surface area is 92.1 Å². The van der Waals surface area contributed by atoms with E-state index in [2.05, 4.69) is 28.6 Å². The quantitative estimate of drug-likeness (QED) is 0.512. The fourth-order valence-corrected chi connectivity index (χ4v) is 2.54. The van der Waals surface area contributed by atoms with Gasteiger partial charge in [-0.3, -0.25) is 0 Å². The number of thioether (sulfide) groups is 1. The summed E-state index contributed by atoms with van der Waals surface area (Å²) in [6.07, 6.45) is 4.34. The average molecular weight is 214 g/mol. The van der Waals surface area contributed by atoms with E-state index in [1.165, 1.54) is 37.6 Å². The van der Waals surface area contributed by atoms with Gasteiger partial charge in [-0.25, -0.2) is 0 Å². The largest absolute Gasteiger partial charge is 0.315 e. The normalized spacial score (nSPS) is 18.3. The van der Waals surface area contributed by atoms with E-state index in [-0.39, 0.29) is 0 Å². The van der Waals surface area contributed by atoms with Gasteiger partial charge in [-0.05, 0) is 19.4 Å². The highest BCUT2D eigenvalue weighted by Crippen LogP contribution is 2.07. The molecule has 0 aromatic rings. The molecule has 0 amide bonds. The Kier molecular flexibility index (Phi) is 7.19. The SMILES string of the molecule is C=CCCCNCCN1CCSCC1. The van der Waals surface area contributed by atoms with E-state index in [1.54, 1.807) is 0 Å². The molecule has 0 radical (unpaired) electrons. The van der Waals surface area contributed by atoms with Gasteiger partial charge in [0.15, 0.2) is 0 Å². The van der Waals surface area contributed by atoms with Crippen molar-refractivity contribution >= 4 is 11.8 Å². The third-order valence-electron chi connectivity index (χ3n) is 2.47. The summed E-state index contributed by atoms with van der Waals surface area (Å²) in [5, 5.41) is 3.47. The predicted molar refractivity (Wildman–Crippen MR) is 66.1 cm³/mol. The van der Waals surface area contributed by atoms with Crippen molar-refractivity contribution in [2.45, 2.75) is 12.8 Å². The maximum absolute atomic E-state index is 3.71. The van der Waals surface area contributed by atoms with Crippen LogP contribution in [0.4, 0.5) is 0 Å². The third-order valence-corrected chi connectivity index (χ3v) is 3.41.